The topological polar surface area (TPSA) is 69.9 Å². The fourth-order valence-electron chi connectivity index (χ4n) is 4.02. The Morgan fingerprint density at radius 2 is 1.55 bits per heavy atom. The highest BCUT2D eigenvalue weighted by atomic mass is 19.1. The van der Waals surface area contributed by atoms with Gasteiger partial charge in [-0.15, -0.1) is 0 Å². The number of piperazine rings is 1. The highest BCUT2D eigenvalue weighted by molar-refractivity contribution is 5.94. The molecule has 0 spiro atoms. The zero-order valence-corrected chi connectivity index (χ0v) is 16.1. The fourth-order valence-corrected chi connectivity index (χ4v) is 4.02. The third kappa shape index (κ3) is 4.01. The van der Waals surface area contributed by atoms with Crippen molar-refractivity contribution in [3.8, 4) is 0 Å². The van der Waals surface area contributed by atoms with Crippen molar-refractivity contribution in [2.24, 2.45) is 0 Å². The predicted octanol–water partition coefficient (Wildman–Crippen LogP) is 3.30. The van der Waals surface area contributed by atoms with Crippen LogP contribution >= 0.6 is 0 Å². The van der Waals surface area contributed by atoms with E-state index in [0.717, 1.165) is 31.6 Å². The minimum Gasteiger partial charge on any atom is -0.368 e. The number of rotatable bonds is 4. The van der Waals surface area contributed by atoms with Crippen LogP contribution in [0, 0.1) is 15.9 Å². The van der Waals surface area contributed by atoms with Gasteiger partial charge in [-0.25, -0.2) is 4.39 Å². The van der Waals surface area contributed by atoms with Crippen molar-refractivity contribution in [1.29, 1.82) is 0 Å². The summed E-state index contributed by atoms with van der Waals surface area (Å²) in [4.78, 5) is 29.7. The van der Waals surface area contributed by atoms with Crippen molar-refractivity contribution in [1.82, 2.24) is 4.90 Å². The largest absolute Gasteiger partial charge is 0.368 e. The lowest BCUT2D eigenvalue weighted by Gasteiger charge is -2.36. The highest BCUT2D eigenvalue weighted by Gasteiger charge is 2.26. The molecule has 29 heavy (non-hydrogen) atoms. The second-order valence-corrected chi connectivity index (χ2v) is 7.41. The van der Waals surface area contributed by atoms with E-state index in [2.05, 4.69) is 9.80 Å². The van der Waals surface area contributed by atoms with Crippen molar-refractivity contribution >= 4 is 23.0 Å². The number of carbonyl (C=O) groups is 1. The van der Waals surface area contributed by atoms with Gasteiger partial charge >= 0.3 is 0 Å². The zero-order chi connectivity index (χ0) is 20.4. The van der Waals surface area contributed by atoms with E-state index in [1.54, 1.807) is 17.0 Å². The van der Waals surface area contributed by atoms with Gasteiger partial charge in [0.05, 0.1) is 4.92 Å². The smallest absolute Gasteiger partial charge is 0.292 e. The molecule has 4 rings (SSSR count). The first-order valence-corrected chi connectivity index (χ1v) is 9.86. The molecule has 2 heterocycles. The number of nitro benzene ring substituents is 1. The molecule has 2 aromatic carbocycles. The number of carbonyl (C=O) groups excluding carboxylic acids is 1. The van der Waals surface area contributed by atoms with Gasteiger partial charge in [-0.3, -0.25) is 14.9 Å². The number of nitrogens with zero attached hydrogens (tertiary/aromatic N) is 4. The van der Waals surface area contributed by atoms with Crippen molar-refractivity contribution in [3.63, 3.8) is 0 Å². The third-order valence-corrected chi connectivity index (χ3v) is 5.63. The van der Waals surface area contributed by atoms with Gasteiger partial charge in [-0.05, 0) is 49.2 Å². The molecule has 0 aliphatic carbocycles. The van der Waals surface area contributed by atoms with E-state index >= 15 is 0 Å². The van der Waals surface area contributed by atoms with Crippen LogP contribution in [0.2, 0.25) is 0 Å². The highest BCUT2D eigenvalue weighted by Crippen LogP contribution is 2.34. The first kappa shape index (κ1) is 19.2. The number of benzene rings is 2. The van der Waals surface area contributed by atoms with E-state index in [4.69, 9.17) is 0 Å². The van der Waals surface area contributed by atoms with Gasteiger partial charge in [-0.2, -0.15) is 0 Å². The average molecular weight is 398 g/mol. The number of halogens is 1. The van der Waals surface area contributed by atoms with Crippen LogP contribution in [0.4, 0.5) is 21.5 Å². The summed E-state index contributed by atoms with van der Waals surface area (Å²) in [5.41, 5.74) is 2.23. The molecule has 2 fully saturated rings. The summed E-state index contributed by atoms with van der Waals surface area (Å²) in [6, 6.07) is 10.9. The summed E-state index contributed by atoms with van der Waals surface area (Å²) >= 11 is 0. The molecule has 0 N–H and O–H groups in total. The molecule has 2 aliphatic rings. The van der Waals surface area contributed by atoms with Gasteiger partial charge in [0.1, 0.15) is 11.5 Å². The van der Waals surface area contributed by atoms with Crippen LogP contribution in [-0.2, 0) is 0 Å². The number of hydrogen-bond acceptors (Lipinski definition) is 5. The van der Waals surface area contributed by atoms with Crippen molar-refractivity contribution in [3.05, 3.63) is 64.0 Å². The Kier molecular flexibility index (Phi) is 5.33. The predicted molar refractivity (Wildman–Crippen MR) is 109 cm³/mol. The minimum atomic E-state index is -0.363. The lowest BCUT2D eigenvalue weighted by atomic mass is 10.1. The quantitative estimate of drug-likeness (QED) is 0.584. The molecule has 2 saturated heterocycles. The summed E-state index contributed by atoms with van der Waals surface area (Å²) in [5, 5.41) is 11.4. The SMILES string of the molecule is O=C(c1ccc(F)cc1)N1CCN(c2ccc([N+](=O)[O-])c(N3CCCC3)c2)CC1. The number of amides is 1. The maximum atomic E-state index is 13.1. The van der Waals surface area contributed by atoms with Crippen LogP contribution in [0.5, 0.6) is 0 Å². The molecule has 7 nitrogen and oxygen atoms in total. The van der Waals surface area contributed by atoms with Crippen LogP contribution in [0.25, 0.3) is 0 Å². The summed E-state index contributed by atoms with van der Waals surface area (Å²) in [7, 11) is 0. The van der Waals surface area contributed by atoms with Crippen molar-refractivity contribution < 1.29 is 14.1 Å². The molecular weight excluding hydrogens is 375 g/mol. The Balaban J connectivity index is 1.46. The second kappa shape index (κ2) is 8.06. The Hall–Kier alpha value is -3.16. The van der Waals surface area contributed by atoms with E-state index in [-0.39, 0.29) is 22.3 Å². The molecule has 152 valence electrons. The van der Waals surface area contributed by atoms with Crippen LogP contribution in [0.15, 0.2) is 42.5 Å². The van der Waals surface area contributed by atoms with Gasteiger partial charge in [0.15, 0.2) is 0 Å². The second-order valence-electron chi connectivity index (χ2n) is 7.41. The van der Waals surface area contributed by atoms with Gasteiger partial charge in [-0.1, -0.05) is 0 Å². The molecule has 8 heteroatoms. The molecule has 0 aromatic heterocycles. The molecule has 0 saturated carbocycles. The monoisotopic (exact) mass is 398 g/mol. The molecular formula is C21H23FN4O3. The lowest BCUT2D eigenvalue weighted by Crippen LogP contribution is -2.48. The van der Waals surface area contributed by atoms with Crippen LogP contribution in [0.1, 0.15) is 23.2 Å². The summed E-state index contributed by atoms with van der Waals surface area (Å²) in [6.07, 6.45) is 2.09. The van der Waals surface area contributed by atoms with E-state index in [1.807, 2.05) is 6.07 Å². The van der Waals surface area contributed by atoms with Crippen molar-refractivity contribution in [2.45, 2.75) is 12.8 Å². The Labute approximate surface area is 168 Å². The average Bonchev–Trinajstić information content (AvgIpc) is 3.28. The lowest BCUT2D eigenvalue weighted by molar-refractivity contribution is -0.384. The summed E-state index contributed by atoms with van der Waals surface area (Å²) in [6.45, 7) is 4.06. The van der Waals surface area contributed by atoms with Gasteiger partial charge in [0.25, 0.3) is 11.6 Å². The molecule has 2 aliphatic heterocycles. The Morgan fingerprint density at radius 3 is 2.17 bits per heavy atom. The van der Waals surface area contributed by atoms with Gasteiger partial charge in [0.2, 0.25) is 0 Å². The number of anilines is 2. The molecule has 1 amide bonds. The van der Waals surface area contributed by atoms with E-state index in [9.17, 15) is 19.3 Å². The van der Waals surface area contributed by atoms with Crippen LogP contribution < -0.4 is 9.80 Å². The number of hydrogen-bond donors (Lipinski definition) is 0. The molecule has 0 atom stereocenters. The first-order chi connectivity index (χ1) is 14.0. The van der Waals surface area contributed by atoms with Gasteiger partial charge in [0, 0.05) is 56.6 Å². The zero-order valence-electron chi connectivity index (χ0n) is 16.1. The van der Waals surface area contributed by atoms with Crippen LogP contribution in [-0.4, -0.2) is 55.0 Å². The third-order valence-electron chi connectivity index (χ3n) is 5.63. The standard InChI is InChI=1S/C21H23FN4O3/c22-17-5-3-16(4-6-17)21(27)25-13-11-23(12-14-25)18-7-8-19(26(28)29)20(15-18)24-9-1-2-10-24/h3-8,15H,1-2,9-14H2. The summed E-state index contributed by atoms with van der Waals surface area (Å²) in [5.74, 6) is -0.468. The van der Waals surface area contributed by atoms with Crippen molar-refractivity contribution in [2.75, 3.05) is 49.1 Å². The molecule has 2 aromatic rings. The maximum Gasteiger partial charge on any atom is 0.292 e. The molecule has 0 radical (unpaired) electrons. The molecule has 0 bridgehead atoms. The van der Waals surface area contributed by atoms with Gasteiger partial charge < -0.3 is 14.7 Å². The fraction of sp³-hybridized carbons (Fsp3) is 0.381. The normalized spacial score (nSPS) is 16.9. The van der Waals surface area contributed by atoms with E-state index < -0.39 is 0 Å². The first-order valence-electron chi connectivity index (χ1n) is 9.86. The Bertz CT molecular complexity index is 905. The maximum absolute atomic E-state index is 13.1. The van der Waals surface area contributed by atoms with E-state index in [0.29, 0.717) is 37.4 Å². The Morgan fingerprint density at radius 1 is 0.897 bits per heavy atom. The number of nitro groups is 1. The molecule has 0 unspecified atom stereocenters. The minimum absolute atomic E-state index is 0.105. The summed E-state index contributed by atoms with van der Waals surface area (Å²) < 4.78 is 13.1. The van der Waals surface area contributed by atoms with Crippen LogP contribution in [0.3, 0.4) is 0 Å². The van der Waals surface area contributed by atoms with E-state index in [1.165, 1.54) is 24.3 Å².